The van der Waals surface area contributed by atoms with Gasteiger partial charge in [-0.1, -0.05) is 6.07 Å². The van der Waals surface area contributed by atoms with Gasteiger partial charge in [-0.25, -0.2) is 9.07 Å². The lowest BCUT2D eigenvalue weighted by molar-refractivity contribution is 0.102. The van der Waals surface area contributed by atoms with Crippen LogP contribution in [0, 0.1) is 19.7 Å². The molecular formula is C23H26ClFN4O. The molecular weight excluding hydrogens is 403 g/mol. The maximum absolute atomic E-state index is 13.4. The number of aromatic nitrogens is 2. The maximum atomic E-state index is 13.4. The number of amides is 1. The van der Waals surface area contributed by atoms with Crippen LogP contribution in [0.15, 0.2) is 48.7 Å². The number of nitrogens with zero attached hydrogens (tertiary/aromatic N) is 2. The number of hydrogen-bond acceptors (Lipinski definition) is 3. The quantitative estimate of drug-likeness (QED) is 0.629. The van der Waals surface area contributed by atoms with E-state index in [-0.39, 0.29) is 30.0 Å². The number of carbonyl (C=O) groups is 1. The van der Waals surface area contributed by atoms with Crippen molar-refractivity contribution in [3.8, 4) is 5.69 Å². The van der Waals surface area contributed by atoms with Gasteiger partial charge in [-0.05, 0) is 87.3 Å². The summed E-state index contributed by atoms with van der Waals surface area (Å²) in [6.45, 7) is 5.87. The molecule has 158 valence electrons. The molecule has 30 heavy (non-hydrogen) atoms. The average molecular weight is 429 g/mol. The van der Waals surface area contributed by atoms with Crippen molar-refractivity contribution in [1.82, 2.24) is 15.1 Å². The second kappa shape index (κ2) is 9.41. The molecule has 1 aromatic heterocycles. The summed E-state index contributed by atoms with van der Waals surface area (Å²) in [6, 6.07) is 12.1. The van der Waals surface area contributed by atoms with Crippen LogP contribution in [0.4, 0.5) is 10.1 Å². The van der Waals surface area contributed by atoms with E-state index < -0.39 is 0 Å². The van der Waals surface area contributed by atoms with E-state index in [0.29, 0.717) is 5.56 Å². The highest BCUT2D eigenvalue weighted by molar-refractivity contribution is 6.05. The standard InChI is InChI=1S/C23H25FN4O.ClH/c1-15-3-6-19(13-16(15)2)27-23(29)21-14-26-28(20-7-4-18(24)5-8-20)22(21)17-9-11-25-12-10-17;/h3-8,13-14,17,25H,9-12H2,1-2H3,(H,27,29);1H. The highest BCUT2D eigenvalue weighted by Crippen LogP contribution is 2.31. The Labute approximate surface area is 182 Å². The maximum Gasteiger partial charge on any atom is 0.259 e. The number of aryl methyl sites for hydroxylation is 2. The number of nitrogens with one attached hydrogen (secondary N) is 2. The van der Waals surface area contributed by atoms with Gasteiger partial charge in [0, 0.05) is 11.6 Å². The molecule has 1 aliphatic rings. The smallest absolute Gasteiger partial charge is 0.259 e. The first-order chi connectivity index (χ1) is 14.0. The molecule has 0 atom stereocenters. The largest absolute Gasteiger partial charge is 0.322 e. The lowest BCUT2D eigenvalue weighted by Gasteiger charge is -2.24. The van der Waals surface area contributed by atoms with Gasteiger partial charge in [-0.3, -0.25) is 4.79 Å². The molecule has 3 aromatic rings. The summed E-state index contributed by atoms with van der Waals surface area (Å²) in [5, 5.41) is 10.9. The minimum atomic E-state index is -0.294. The Morgan fingerprint density at radius 1 is 1.10 bits per heavy atom. The van der Waals surface area contributed by atoms with Gasteiger partial charge in [-0.2, -0.15) is 5.10 Å². The van der Waals surface area contributed by atoms with Crippen molar-refractivity contribution in [1.29, 1.82) is 0 Å². The second-order valence-corrected chi connectivity index (χ2v) is 7.61. The molecule has 0 spiro atoms. The van der Waals surface area contributed by atoms with E-state index in [9.17, 15) is 9.18 Å². The zero-order valence-corrected chi connectivity index (χ0v) is 17.9. The van der Waals surface area contributed by atoms with Gasteiger partial charge in [0.1, 0.15) is 5.82 Å². The van der Waals surface area contributed by atoms with E-state index in [1.165, 1.54) is 17.7 Å². The van der Waals surface area contributed by atoms with E-state index in [2.05, 4.69) is 15.7 Å². The molecule has 1 amide bonds. The highest BCUT2D eigenvalue weighted by Gasteiger charge is 2.27. The minimum Gasteiger partial charge on any atom is -0.322 e. The van der Waals surface area contributed by atoms with Crippen LogP contribution in [0.3, 0.4) is 0 Å². The number of halogens is 2. The van der Waals surface area contributed by atoms with E-state index in [0.717, 1.165) is 48.6 Å². The van der Waals surface area contributed by atoms with Gasteiger partial charge in [-0.15, -0.1) is 12.4 Å². The molecule has 0 saturated carbocycles. The van der Waals surface area contributed by atoms with Gasteiger partial charge >= 0.3 is 0 Å². The summed E-state index contributed by atoms with van der Waals surface area (Å²) in [4.78, 5) is 13.1. The highest BCUT2D eigenvalue weighted by atomic mass is 35.5. The molecule has 0 aliphatic carbocycles. The van der Waals surface area contributed by atoms with E-state index >= 15 is 0 Å². The number of benzene rings is 2. The van der Waals surface area contributed by atoms with Crippen LogP contribution in [0.1, 0.15) is 45.9 Å². The molecule has 2 N–H and O–H groups in total. The van der Waals surface area contributed by atoms with Gasteiger partial charge in [0.15, 0.2) is 0 Å². The summed E-state index contributed by atoms with van der Waals surface area (Å²) < 4.78 is 15.2. The molecule has 2 heterocycles. The molecule has 2 aromatic carbocycles. The van der Waals surface area contributed by atoms with Crippen molar-refractivity contribution in [2.24, 2.45) is 0 Å². The lowest BCUT2D eigenvalue weighted by Crippen LogP contribution is -2.29. The Balaban J connectivity index is 0.00000256. The topological polar surface area (TPSA) is 59.0 Å². The van der Waals surface area contributed by atoms with Crippen molar-refractivity contribution in [2.45, 2.75) is 32.6 Å². The van der Waals surface area contributed by atoms with Gasteiger partial charge in [0.05, 0.1) is 23.1 Å². The molecule has 0 unspecified atom stereocenters. The van der Waals surface area contributed by atoms with Crippen molar-refractivity contribution >= 4 is 24.0 Å². The van der Waals surface area contributed by atoms with Gasteiger partial charge < -0.3 is 10.6 Å². The fourth-order valence-electron chi connectivity index (χ4n) is 3.83. The van der Waals surface area contributed by atoms with Crippen LogP contribution in [-0.2, 0) is 0 Å². The van der Waals surface area contributed by atoms with Crippen LogP contribution in [-0.4, -0.2) is 28.8 Å². The average Bonchev–Trinajstić information content (AvgIpc) is 3.17. The monoisotopic (exact) mass is 428 g/mol. The van der Waals surface area contributed by atoms with Crippen LogP contribution in [0.5, 0.6) is 0 Å². The van der Waals surface area contributed by atoms with Crippen molar-refractivity contribution in [2.75, 3.05) is 18.4 Å². The Kier molecular flexibility index (Phi) is 6.90. The van der Waals surface area contributed by atoms with Crippen LogP contribution in [0.2, 0.25) is 0 Å². The van der Waals surface area contributed by atoms with Crippen LogP contribution in [0.25, 0.3) is 5.69 Å². The Bertz CT molecular complexity index is 1030. The zero-order valence-electron chi connectivity index (χ0n) is 17.1. The van der Waals surface area contributed by atoms with Gasteiger partial charge in [0.2, 0.25) is 0 Å². The number of hydrogen-bond donors (Lipinski definition) is 2. The third-order valence-electron chi connectivity index (χ3n) is 5.61. The van der Waals surface area contributed by atoms with Crippen molar-refractivity contribution in [3.05, 3.63) is 76.9 Å². The SMILES string of the molecule is Cc1ccc(NC(=O)c2cnn(-c3ccc(F)cc3)c2C2CCNCC2)cc1C.Cl. The van der Waals surface area contributed by atoms with Gasteiger partial charge in [0.25, 0.3) is 5.91 Å². The van der Waals surface area contributed by atoms with Crippen LogP contribution >= 0.6 is 12.4 Å². The minimum absolute atomic E-state index is 0. The molecule has 0 radical (unpaired) electrons. The number of anilines is 1. The lowest BCUT2D eigenvalue weighted by atomic mass is 9.91. The fourth-order valence-corrected chi connectivity index (χ4v) is 3.83. The van der Waals surface area contributed by atoms with Crippen LogP contribution < -0.4 is 10.6 Å². The second-order valence-electron chi connectivity index (χ2n) is 7.61. The molecule has 0 bridgehead atoms. The van der Waals surface area contributed by atoms with E-state index in [1.54, 1.807) is 23.0 Å². The first kappa shape index (κ1) is 22.0. The summed E-state index contributed by atoms with van der Waals surface area (Å²) in [5.74, 6) is -0.253. The summed E-state index contributed by atoms with van der Waals surface area (Å²) in [7, 11) is 0. The summed E-state index contributed by atoms with van der Waals surface area (Å²) in [6.07, 6.45) is 3.48. The molecule has 1 fully saturated rings. The molecule has 1 saturated heterocycles. The normalized spacial score (nSPS) is 14.2. The first-order valence-corrected chi connectivity index (χ1v) is 9.96. The summed E-state index contributed by atoms with van der Waals surface area (Å²) in [5.41, 5.74) is 5.29. The Hall–Kier alpha value is -2.70. The van der Waals surface area contributed by atoms with Crippen molar-refractivity contribution in [3.63, 3.8) is 0 Å². The predicted octanol–water partition coefficient (Wildman–Crippen LogP) is 4.77. The molecule has 1 aliphatic heterocycles. The third kappa shape index (κ3) is 4.55. The first-order valence-electron chi connectivity index (χ1n) is 9.96. The predicted molar refractivity (Wildman–Crippen MR) is 119 cm³/mol. The van der Waals surface area contributed by atoms with E-state index in [4.69, 9.17) is 0 Å². The molecule has 4 rings (SSSR count). The third-order valence-corrected chi connectivity index (χ3v) is 5.61. The molecule has 7 heteroatoms. The molecule has 5 nitrogen and oxygen atoms in total. The summed E-state index contributed by atoms with van der Waals surface area (Å²) >= 11 is 0. The fraction of sp³-hybridized carbons (Fsp3) is 0.304. The van der Waals surface area contributed by atoms with E-state index in [1.807, 2.05) is 32.0 Å². The Morgan fingerprint density at radius 3 is 2.47 bits per heavy atom. The van der Waals surface area contributed by atoms with Crippen molar-refractivity contribution < 1.29 is 9.18 Å². The zero-order chi connectivity index (χ0) is 20.4. The number of carbonyl (C=O) groups excluding carboxylic acids is 1. The number of piperidine rings is 1. The number of rotatable bonds is 4. The Morgan fingerprint density at radius 2 is 1.80 bits per heavy atom.